The second-order valence-corrected chi connectivity index (χ2v) is 2.04. The third kappa shape index (κ3) is 2.14. The normalized spacial score (nSPS) is 11.0. The van der Waals surface area contributed by atoms with Crippen LogP contribution in [-0.4, -0.2) is 5.11 Å². The average Bonchev–Trinajstić information content (AvgIpc) is 2.40. The van der Waals surface area contributed by atoms with Crippen molar-refractivity contribution >= 4 is 0 Å². The van der Waals surface area contributed by atoms with Gasteiger partial charge in [0.1, 0.15) is 0 Å². The van der Waals surface area contributed by atoms with E-state index in [9.17, 15) is 0 Å². The Hall–Kier alpha value is -1.76. The van der Waals surface area contributed by atoms with Gasteiger partial charge in [-0.1, -0.05) is 0 Å². The molecule has 0 radical (unpaired) electrons. The van der Waals surface area contributed by atoms with Crippen LogP contribution in [0.25, 0.3) is 4.98 Å². The summed E-state index contributed by atoms with van der Waals surface area (Å²) in [5.74, 6) is -0.00565. The Kier molecular flexibility index (Phi) is 2.28. The van der Waals surface area contributed by atoms with Crippen LogP contribution in [0.4, 0.5) is 0 Å². The molecule has 1 aromatic rings. The first-order valence-corrected chi connectivity index (χ1v) is 3.06. The molecule has 11 heavy (non-hydrogen) atoms. The molecule has 4 nitrogen and oxygen atoms in total. The predicted molar refractivity (Wildman–Crippen MR) is 38.2 cm³/mol. The van der Waals surface area contributed by atoms with E-state index in [1.807, 2.05) is 0 Å². The summed E-state index contributed by atoms with van der Waals surface area (Å²) in [5.41, 5.74) is 0.836. The van der Waals surface area contributed by atoms with Crippen molar-refractivity contribution in [3.05, 3.63) is 41.1 Å². The number of aliphatic hydroxyl groups excluding tert-OH is 1. The molecular formula is C7H7N2O2+. The summed E-state index contributed by atoms with van der Waals surface area (Å²) >= 11 is 0. The Morgan fingerprint density at radius 2 is 2.64 bits per heavy atom. The van der Waals surface area contributed by atoms with Crippen molar-refractivity contribution in [3.8, 4) is 0 Å². The maximum absolute atomic E-state index is 8.99. The quantitative estimate of drug-likeness (QED) is 0.519. The maximum Gasteiger partial charge on any atom is 0.387 e. The van der Waals surface area contributed by atoms with Gasteiger partial charge in [0, 0.05) is 6.42 Å². The van der Waals surface area contributed by atoms with Crippen LogP contribution in [0, 0.1) is 5.39 Å². The summed E-state index contributed by atoms with van der Waals surface area (Å²) in [4.78, 5) is 2.67. The average molecular weight is 151 g/mol. The summed E-state index contributed by atoms with van der Waals surface area (Å²) in [6.45, 7) is 0. The molecule has 0 unspecified atom stereocenters. The molecule has 1 heterocycles. The highest BCUT2D eigenvalue weighted by Crippen LogP contribution is 2.05. The molecule has 0 spiro atoms. The van der Waals surface area contributed by atoms with Crippen molar-refractivity contribution in [2.24, 2.45) is 0 Å². The number of hydrogen-bond acceptors (Lipinski definition) is 3. The number of rotatable bonds is 2. The van der Waals surface area contributed by atoms with E-state index in [1.165, 1.54) is 12.5 Å². The van der Waals surface area contributed by atoms with Crippen LogP contribution in [0.2, 0.25) is 0 Å². The van der Waals surface area contributed by atoms with Gasteiger partial charge in [-0.3, -0.25) is 0 Å². The zero-order chi connectivity index (χ0) is 8.10. The number of nitrogens with zero attached hydrogens (tertiary/aromatic N) is 2. The van der Waals surface area contributed by atoms with Crippen molar-refractivity contribution in [2.75, 3.05) is 0 Å². The minimum absolute atomic E-state index is 0.00565. The summed E-state index contributed by atoms with van der Waals surface area (Å²) in [5, 5.41) is 17.0. The number of furan rings is 1. The van der Waals surface area contributed by atoms with Gasteiger partial charge in [-0.05, 0) is 11.6 Å². The number of diazo groups is 1. The molecule has 0 saturated carbocycles. The zero-order valence-electron chi connectivity index (χ0n) is 5.77. The van der Waals surface area contributed by atoms with Crippen molar-refractivity contribution in [1.82, 2.24) is 0 Å². The first kappa shape index (κ1) is 7.35. The summed E-state index contributed by atoms with van der Waals surface area (Å²) in [7, 11) is 0. The number of hydrogen-bond donors (Lipinski definition) is 1. The van der Waals surface area contributed by atoms with E-state index < -0.39 is 0 Å². The van der Waals surface area contributed by atoms with E-state index in [1.54, 1.807) is 6.07 Å². The summed E-state index contributed by atoms with van der Waals surface area (Å²) in [6, 6.07) is 1.72. The molecule has 0 fully saturated rings. The lowest BCUT2D eigenvalue weighted by Crippen LogP contribution is -1.84. The van der Waals surface area contributed by atoms with Gasteiger partial charge in [0.25, 0.3) is 0 Å². The van der Waals surface area contributed by atoms with Gasteiger partial charge >= 0.3 is 6.20 Å². The molecule has 4 heteroatoms. The Labute approximate surface area is 63.4 Å². The van der Waals surface area contributed by atoms with Gasteiger partial charge in [-0.15, -0.1) is 0 Å². The fourth-order valence-electron chi connectivity index (χ4n) is 0.715. The Morgan fingerprint density at radius 3 is 3.18 bits per heavy atom. The van der Waals surface area contributed by atoms with Crippen LogP contribution >= 0.6 is 0 Å². The third-order valence-corrected chi connectivity index (χ3v) is 1.17. The minimum Gasteiger partial charge on any atom is -0.505 e. The van der Waals surface area contributed by atoms with Crippen LogP contribution in [0.15, 0.2) is 35.0 Å². The van der Waals surface area contributed by atoms with Crippen LogP contribution in [0.1, 0.15) is 5.56 Å². The highest BCUT2D eigenvalue weighted by atomic mass is 16.3. The molecule has 1 rings (SSSR count). The molecule has 0 amide bonds. The second kappa shape index (κ2) is 3.42. The second-order valence-electron chi connectivity index (χ2n) is 2.04. The van der Waals surface area contributed by atoms with Crippen molar-refractivity contribution in [3.63, 3.8) is 0 Å². The van der Waals surface area contributed by atoms with E-state index in [0.717, 1.165) is 11.8 Å². The van der Waals surface area contributed by atoms with Gasteiger partial charge in [0.2, 0.25) is 5.39 Å². The van der Waals surface area contributed by atoms with Crippen molar-refractivity contribution in [2.45, 2.75) is 6.42 Å². The molecule has 0 aliphatic rings. The van der Waals surface area contributed by atoms with Gasteiger partial charge in [-0.25, -0.2) is 0 Å². The molecular weight excluding hydrogens is 144 g/mol. The van der Waals surface area contributed by atoms with Gasteiger partial charge < -0.3 is 9.52 Å². The lowest BCUT2D eigenvalue weighted by atomic mass is 10.2. The van der Waals surface area contributed by atoms with Gasteiger partial charge in [0.15, 0.2) is 10.7 Å². The zero-order valence-corrected chi connectivity index (χ0v) is 5.77. The minimum atomic E-state index is -0.00565. The lowest BCUT2D eigenvalue weighted by Gasteiger charge is -1.87. The maximum atomic E-state index is 8.99. The highest BCUT2D eigenvalue weighted by molar-refractivity contribution is 5.13. The van der Waals surface area contributed by atoms with Crippen molar-refractivity contribution < 1.29 is 9.52 Å². The monoisotopic (exact) mass is 151 g/mol. The molecule has 56 valence electrons. The summed E-state index contributed by atoms with van der Waals surface area (Å²) in [6.07, 6.45) is 4.33. The highest BCUT2D eigenvalue weighted by Gasteiger charge is 2.01. The number of allylic oxidation sites excluding steroid dienone is 1. The van der Waals surface area contributed by atoms with Crippen molar-refractivity contribution in [1.29, 1.82) is 5.39 Å². The molecule has 1 aromatic heterocycles. The van der Waals surface area contributed by atoms with E-state index in [2.05, 4.69) is 4.98 Å². The molecule has 1 N–H and O–H groups in total. The Balaban J connectivity index is 2.58. The van der Waals surface area contributed by atoms with E-state index in [4.69, 9.17) is 14.9 Å². The van der Waals surface area contributed by atoms with Crippen LogP contribution in [0.3, 0.4) is 0 Å². The lowest BCUT2D eigenvalue weighted by molar-refractivity contribution is 0.398. The molecule has 0 bridgehead atoms. The number of aliphatic hydroxyl groups is 1. The van der Waals surface area contributed by atoms with Crippen LogP contribution in [-0.2, 0) is 6.42 Å². The Morgan fingerprint density at radius 1 is 1.82 bits per heavy atom. The molecule has 0 aliphatic carbocycles. The smallest absolute Gasteiger partial charge is 0.387 e. The van der Waals surface area contributed by atoms with Crippen LogP contribution in [0.5, 0.6) is 0 Å². The van der Waals surface area contributed by atoms with E-state index in [-0.39, 0.29) is 5.76 Å². The van der Waals surface area contributed by atoms with E-state index >= 15 is 0 Å². The SMILES string of the molecule is N#[N+]/C=C(/O)Cc1ccoc1. The molecule has 0 atom stereocenters. The first-order valence-electron chi connectivity index (χ1n) is 3.06. The fourth-order valence-corrected chi connectivity index (χ4v) is 0.715. The predicted octanol–water partition coefficient (Wildman–Crippen LogP) is 2.07. The largest absolute Gasteiger partial charge is 0.505 e. The molecule has 0 aliphatic heterocycles. The fraction of sp³-hybridized carbons (Fsp3) is 0.143. The molecule has 0 saturated heterocycles. The van der Waals surface area contributed by atoms with Gasteiger partial charge in [-0.2, -0.15) is 0 Å². The Bertz CT molecular complexity index is 282. The van der Waals surface area contributed by atoms with Gasteiger partial charge in [0.05, 0.1) is 12.5 Å². The molecule has 0 aromatic carbocycles. The standard InChI is InChI=1S/C7H6N2O2/c8-9-4-7(10)3-6-1-2-11-5-6/h1-2,4-5H,3H2/p+1/b7-4+. The van der Waals surface area contributed by atoms with E-state index in [0.29, 0.717) is 6.42 Å². The summed E-state index contributed by atoms with van der Waals surface area (Å²) < 4.78 is 4.76. The first-order chi connectivity index (χ1) is 5.33. The topological polar surface area (TPSA) is 61.5 Å². The third-order valence-electron chi connectivity index (χ3n) is 1.17. The van der Waals surface area contributed by atoms with Crippen LogP contribution < -0.4 is 0 Å².